The minimum absolute atomic E-state index is 0.120. The van der Waals surface area contributed by atoms with Crippen LogP contribution >= 0.6 is 0 Å². The molecule has 4 rings (SSSR count). The van der Waals surface area contributed by atoms with Gasteiger partial charge in [0.15, 0.2) is 5.75 Å². The number of ether oxygens (including phenoxy) is 1. The van der Waals surface area contributed by atoms with Crippen molar-refractivity contribution in [1.82, 2.24) is 9.63 Å². The smallest absolute Gasteiger partial charge is 0.415 e. The van der Waals surface area contributed by atoms with E-state index in [9.17, 15) is 9.59 Å². The van der Waals surface area contributed by atoms with Crippen LogP contribution in [-0.2, 0) is 9.59 Å². The third-order valence-electron chi connectivity index (χ3n) is 5.00. The highest BCUT2D eigenvalue weighted by Crippen LogP contribution is 2.42. The number of benzene rings is 1. The van der Waals surface area contributed by atoms with Gasteiger partial charge in [-0.05, 0) is 50.7 Å². The van der Waals surface area contributed by atoms with E-state index >= 15 is 0 Å². The standard InChI is InChI=1S/C18H17N3O4/c1-2-20-7-5-12(6-8-20)15-16-13-4-3-11(10-19)9-14(13)21(15)25-18(23)17(22)24-16/h3-4,9,12H,2,5-8H2,1H3. The van der Waals surface area contributed by atoms with Crippen molar-refractivity contribution in [1.29, 1.82) is 5.26 Å². The minimum atomic E-state index is -1.05. The number of nitriles is 1. The van der Waals surface area contributed by atoms with Crippen LogP contribution in [0.5, 0.6) is 5.75 Å². The van der Waals surface area contributed by atoms with Crippen LogP contribution in [0, 0.1) is 11.3 Å². The molecule has 0 spiro atoms. The molecule has 0 atom stereocenters. The second kappa shape index (κ2) is 5.90. The number of hydrogen-bond acceptors (Lipinski definition) is 6. The topological polar surface area (TPSA) is 84.6 Å². The first kappa shape index (κ1) is 15.7. The van der Waals surface area contributed by atoms with Crippen LogP contribution in [0.25, 0.3) is 10.9 Å². The molecule has 2 aliphatic heterocycles. The average Bonchev–Trinajstić information content (AvgIpc) is 2.86. The largest absolute Gasteiger partial charge is 0.442 e. The molecule has 1 aromatic heterocycles. The van der Waals surface area contributed by atoms with Gasteiger partial charge in [-0.2, -0.15) is 9.99 Å². The van der Waals surface area contributed by atoms with Crippen molar-refractivity contribution < 1.29 is 19.2 Å². The van der Waals surface area contributed by atoms with E-state index in [2.05, 4.69) is 17.9 Å². The molecule has 1 aromatic carbocycles. The molecule has 0 saturated carbocycles. The first-order valence-corrected chi connectivity index (χ1v) is 8.37. The molecule has 0 radical (unpaired) electrons. The zero-order chi connectivity index (χ0) is 17.6. The fourth-order valence-corrected chi connectivity index (χ4v) is 3.66. The summed E-state index contributed by atoms with van der Waals surface area (Å²) in [5.74, 6) is -1.57. The van der Waals surface area contributed by atoms with Gasteiger partial charge in [0, 0.05) is 11.3 Å². The van der Waals surface area contributed by atoms with E-state index in [1.165, 1.54) is 4.73 Å². The van der Waals surface area contributed by atoms with Crippen molar-refractivity contribution in [2.24, 2.45) is 0 Å². The Hall–Kier alpha value is -2.85. The first-order chi connectivity index (χ1) is 12.1. The molecule has 0 aliphatic carbocycles. The summed E-state index contributed by atoms with van der Waals surface area (Å²) in [7, 11) is 0. The maximum Gasteiger partial charge on any atom is 0.442 e. The number of likely N-dealkylation sites (tertiary alicyclic amines) is 1. The summed E-state index contributed by atoms with van der Waals surface area (Å²) in [6, 6.07) is 7.13. The summed E-state index contributed by atoms with van der Waals surface area (Å²) >= 11 is 0. The van der Waals surface area contributed by atoms with Gasteiger partial charge >= 0.3 is 11.9 Å². The van der Waals surface area contributed by atoms with E-state index in [0.29, 0.717) is 27.9 Å². The lowest BCUT2D eigenvalue weighted by molar-refractivity contribution is -0.161. The van der Waals surface area contributed by atoms with Gasteiger partial charge in [0.05, 0.1) is 17.1 Å². The zero-order valence-corrected chi connectivity index (χ0v) is 13.8. The van der Waals surface area contributed by atoms with E-state index in [4.69, 9.17) is 14.8 Å². The van der Waals surface area contributed by atoms with Gasteiger partial charge in [-0.3, -0.25) is 0 Å². The number of carbonyl (C=O) groups is 2. The van der Waals surface area contributed by atoms with E-state index in [1.54, 1.807) is 18.2 Å². The lowest BCUT2D eigenvalue weighted by atomic mass is 9.93. The summed E-state index contributed by atoms with van der Waals surface area (Å²) in [4.78, 5) is 31.4. The summed E-state index contributed by atoms with van der Waals surface area (Å²) < 4.78 is 6.76. The van der Waals surface area contributed by atoms with E-state index < -0.39 is 11.9 Å². The monoisotopic (exact) mass is 339 g/mol. The molecule has 1 saturated heterocycles. The van der Waals surface area contributed by atoms with E-state index in [1.807, 2.05) is 0 Å². The zero-order valence-electron chi connectivity index (χ0n) is 13.8. The molecule has 3 heterocycles. The summed E-state index contributed by atoms with van der Waals surface area (Å²) in [5.41, 5.74) is 1.73. The fraction of sp³-hybridized carbons (Fsp3) is 0.389. The Balaban J connectivity index is 1.87. The highest BCUT2D eigenvalue weighted by atomic mass is 16.7. The third kappa shape index (κ3) is 2.46. The molecule has 0 N–H and O–H groups in total. The summed E-state index contributed by atoms with van der Waals surface area (Å²) in [5, 5.41) is 9.82. The predicted octanol–water partition coefficient (Wildman–Crippen LogP) is 1.59. The molecule has 0 unspecified atom stereocenters. The average molecular weight is 339 g/mol. The Bertz CT molecular complexity index is 917. The van der Waals surface area contributed by atoms with Gasteiger partial charge < -0.3 is 14.5 Å². The van der Waals surface area contributed by atoms with Crippen LogP contribution in [0.1, 0.15) is 36.9 Å². The van der Waals surface area contributed by atoms with Crippen molar-refractivity contribution in [3.8, 4) is 11.8 Å². The molecule has 2 bridgehead atoms. The van der Waals surface area contributed by atoms with E-state index in [-0.39, 0.29) is 5.92 Å². The minimum Gasteiger partial charge on any atom is -0.415 e. The Labute approximate surface area is 144 Å². The highest BCUT2D eigenvalue weighted by molar-refractivity contribution is 6.31. The lowest BCUT2D eigenvalue weighted by Gasteiger charge is -2.31. The maximum atomic E-state index is 11.9. The van der Waals surface area contributed by atoms with Crippen LogP contribution in [0.2, 0.25) is 0 Å². The molecule has 25 heavy (non-hydrogen) atoms. The summed E-state index contributed by atoms with van der Waals surface area (Å²) in [6.07, 6.45) is 1.77. The second-order valence-corrected chi connectivity index (χ2v) is 6.33. The van der Waals surface area contributed by atoms with Gasteiger partial charge in [-0.15, -0.1) is 0 Å². The lowest BCUT2D eigenvalue weighted by Crippen LogP contribution is -2.34. The third-order valence-corrected chi connectivity index (χ3v) is 5.00. The number of aromatic nitrogens is 1. The molecule has 1 fully saturated rings. The number of carbonyl (C=O) groups excluding carboxylic acids is 2. The molecule has 7 heteroatoms. The molecular weight excluding hydrogens is 322 g/mol. The highest BCUT2D eigenvalue weighted by Gasteiger charge is 2.36. The number of rotatable bonds is 2. The maximum absolute atomic E-state index is 11.9. The van der Waals surface area contributed by atoms with Crippen LogP contribution in [0.4, 0.5) is 0 Å². The second-order valence-electron chi connectivity index (χ2n) is 6.33. The molecule has 7 nitrogen and oxygen atoms in total. The van der Waals surface area contributed by atoms with Gasteiger partial charge in [0.25, 0.3) is 0 Å². The number of esters is 1. The van der Waals surface area contributed by atoms with Crippen molar-refractivity contribution >= 4 is 22.8 Å². The van der Waals surface area contributed by atoms with Crippen LogP contribution < -0.4 is 9.57 Å². The Kier molecular flexibility index (Phi) is 3.70. The van der Waals surface area contributed by atoms with Gasteiger partial charge in [-0.1, -0.05) is 6.92 Å². The van der Waals surface area contributed by atoms with Gasteiger partial charge in [0.2, 0.25) is 0 Å². The number of hydrogen-bond donors (Lipinski definition) is 0. The number of fused-ring (bicyclic) bond motifs is 5. The van der Waals surface area contributed by atoms with Crippen LogP contribution in [0.15, 0.2) is 18.2 Å². The fourth-order valence-electron chi connectivity index (χ4n) is 3.66. The Morgan fingerprint density at radius 1 is 1.24 bits per heavy atom. The van der Waals surface area contributed by atoms with Crippen LogP contribution in [-0.4, -0.2) is 41.2 Å². The number of piperidine rings is 1. The molecule has 0 amide bonds. The Morgan fingerprint density at radius 2 is 2.00 bits per heavy atom. The Morgan fingerprint density at radius 3 is 2.68 bits per heavy atom. The van der Waals surface area contributed by atoms with Crippen molar-refractivity contribution in [2.75, 3.05) is 19.6 Å². The van der Waals surface area contributed by atoms with Gasteiger partial charge in [-0.25, -0.2) is 9.59 Å². The van der Waals surface area contributed by atoms with Gasteiger partial charge in [0.1, 0.15) is 5.69 Å². The van der Waals surface area contributed by atoms with Crippen molar-refractivity contribution in [3.63, 3.8) is 0 Å². The predicted molar refractivity (Wildman–Crippen MR) is 88.0 cm³/mol. The molecular formula is C18H17N3O4. The van der Waals surface area contributed by atoms with E-state index in [0.717, 1.165) is 32.5 Å². The molecule has 128 valence electrons. The van der Waals surface area contributed by atoms with Crippen LogP contribution in [0.3, 0.4) is 0 Å². The molecule has 2 aromatic rings. The quantitative estimate of drug-likeness (QED) is 0.610. The normalized spacial score (nSPS) is 18.6. The SMILES string of the molecule is CCN1CCC(c2c3c4ccc(C#N)cc4n2OC(=O)C(=O)O3)CC1. The van der Waals surface area contributed by atoms with Crippen molar-refractivity contribution in [2.45, 2.75) is 25.7 Å². The number of nitrogens with zero attached hydrogens (tertiary/aromatic N) is 3. The van der Waals surface area contributed by atoms with Crippen molar-refractivity contribution in [3.05, 3.63) is 29.5 Å². The summed E-state index contributed by atoms with van der Waals surface area (Å²) in [6.45, 7) is 5.00. The first-order valence-electron chi connectivity index (χ1n) is 8.37. The molecule has 2 aliphatic rings.